The molecular formula is C16H21FN4O4S2. The molecule has 1 aliphatic rings. The second kappa shape index (κ2) is 7.66. The number of aromatic nitrogens is 2. The predicted octanol–water partition coefficient (Wildman–Crippen LogP) is 0.786. The van der Waals surface area contributed by atoms with Gasteiger partial charge in [0.2, 0.25) is 10.0 Å². The lowest BCUT2D eigenvalue weighted by molar-refractivity contribution is 0.403. The van der Waals surface area contributed by atoms with Gasteiger partial charge in [0.25, 0.3) is 10.0 Å². The van der Waals surface area contributed by atoms with Crippen LogP contribution in [0.4, 0.5) is 4.39 Å². The molecule has 2 heterocycles. The highest BCUT2D eigenvalue weighted by Crippen LogP contribution is 2.19. The summed E-state index contributed by atoms with van der Waals surface area (Å²) in [5, 5.41) is -0.0623. The number of hydrogen-bond donors (Lipinski definition) is 0. The van der Waals surface area contributed by atoms with Gasteiger partial charge in [-0.25, -0.2) is 30.5 Å². The maximum Gasteiger partial charge on any atom is 0.262 e. The summed E-state index contributed by atoms with van der Waals surface area (Å²) in [6.45, 7) is 0.425. The molecule has 1 fully saturated rings. The van der Waals surface area contributed by atoms with Crippen LogP contribution in [-0.2, 0) is 32.8 Å². The van der Waals surface area contributed by atoms with Crippen LogP contribution < -0.4 is 0 Å². The van der Waals surface area contributed by atoms with E-state index in [1.165, 1.54) is 43.9 Å². The van der Waals surface area contributed by atoms with E-state index >= 15 is 0 Å². The van der Waals surface area contributed by atoms with Gasteiger partial charge in [0, 0.05) is 45.0 Å². The first-order valence-electron chi connectivity index (χ1n) is 8.39. The Hall–Kier alpha value is -1.82. The largest absolute Gasteiger partial charge is 0.339 e. The third-order valence-corrected chi connectivity index (χ3v) is 8.00. The summed E-state index contributed by atoms with van der Waals surface area (Å²) in [5.74, 6) is -1.03. The number of aryl methyl sites for hydroxylation is 1. The Morgan fingerprint density at radius 3 is 2.37 bits per heavy atom. The Morgan fingerprint density at radius 2 is 1.70 bits per heavy atom. The molecule has 0 N–H and O–H groups in total. The molecule has 148 valence electrons. The van der Waals surface area contributed by atoms with Crippen LogP contribution in [0.2, 0.25) is 0 Å². The van der Waals surface area contributed by atoms with Gasteiger partial charge < -0.3 is 4.57 Å². The fraction of sp³-hybridized carbons (Fsp3) is 0.438. The molecule has 27 heavy (non-hydrogen) atoms. The molecule has 1 aliphatic heterocycles. The lowest BCUT2D eigenvalue weighted by Gasteiger charge is -2.21. The van der Waals surface area contributed by atoms with Gasteiger partial charge >= 0.3 is 0 Å². The van der Waals surface area contributed by atoms with Gasteiger partial charge in [0.15, 0.2) is 5.03 Å². The molecule has 0 aliphatic carbocycles. The SMILES string of the molecule is Cn1cnc(S(=O)(=O)N2CCCN(S(=O)(=O)Cc3ccccc3F)CC2)c1. The molecule has 0 spiro atoms. The van der Waals surface area contributed by atoms with Crippen LogP contribution in [0.3, 0.4) is 0 Å². The minimum absolute atomic E-state index is 0.0167. The molecule has 0 bridgehead atoms. The molecule has 3 rings (SSSR count). The smallest absolute Gasteiger partial charge is 0.262 e. The zero-order valence-electron chi connectivity index (χ0n) is 14.8. The summed E-state index contributed by atoms with van der Waals surface area (Å²) in [6, 6.07) is 5.73. The lowest BCUT2D eigenvalue weighted by Crippen LogP contribution is -2.38. The summed E-state index contributed by atoms with van der Waals surface area (Å²) in [6.07, 6.45) is 3.16. The van der Waals surface area contributed by atoms with Crippen molar-refractivity contribution in [1.82, 2.24) is 18.2 Å². The van der Waals surface area contributed by atoms with Crippen molar-refractivity contribution in [3.8, 4) is 0 Å². The van der Waals surface area contributed by atoms with Gasteiger partial charge in [0.05, 0.1) is 12.1 Å². The highest BCUT2D eigenvalue weighted by atomic mass is 32.2. The van der Waals surface area contributed by atoms with E-state index in [0.717, 1.165) is 0 Å². The average Bonchev–Trinajstić information content (AvgIpc) is 2.89. The molecule has 0 saturated carbocycles. The Kier molecular flexibility index (Phi) is 5.65. The van der Waals surface area contributed by atoms with Crippen LogP contribution >= 0.6 is 0 Å². The van der Waals surface area contributed by atoms with E-state index in [-0.39, 0.29) is 36.8 Å². The van der Waals surface area contributed by atoms with E-state index in [1.807, 2.05) is 0 Å². The van der Waals surface area contributed by atoms with Crippen LogP contribution in [0.25, 0.3) is 0 Å². The van der Waals surface area contributed by atoms with Crippen molar-refractivity contribution in [1.29, 1.82) is 0 Å². The van der Waals surface area contributed by atoms with Crippen LogP contribution in [0.1, 0.15) is 12.0 Å². The number of sulfonamides is 2. The minimum Gasteiger partial charge on any atom is -0.339 e. The second-order valence-electron chi connectivity index (χ2n) is 6.38. The van der Waals surface area contributed by atoms with Crippen molar-refractivity contribution in [3.63, 3.8) is 0 Å². The number of nitrogens with zero attached hydrogens (tertiary/aromatic N) is 4. The average molecular weight is 417 g/mol. The monoisotopic (exact) mass is 416 g/mol. The van der Waals surface area contributed by atoms with E-state index in [0.29, 0.717) is 6.42 Å². The Balaban J connectivity index is 1.73. The summed E-state index contributed by atoms with van der Waals surface area (Å²) < 4.78 is 68.5. The van der Waals surface area contributed by atoms with E-state index in [1.54, 1.807) is 13.1 Å². The molecule has 0 unspecified atom stereocenters. The number of benzene rings is 1. The fourth-order valence-corrected chi connectivity index (χ4v) is 5.96. The van der Waals surface area contributed by atoms with Crippen LogP contribution in [0.5, 0.6) is 0 Å². The zero-order chi connectivity index (χ0) is 19.7. The normalized spacial score (nSPS) is 17.7. The first kappa shape index (κ1) is 19.9. The summed E-state index contributed by atoms with van der Waals surface area (Å²) in [7, 11) is -5.87. The molecule has 11 heteroatoms. The minimum atomic E-state index is -3.78. The topological polar surface area (TPSA) is 92.6 Å². The fourth-order valence-electron chi connectivity index (χ4n) is 2.95. The van der Waals surface area contributed by atoms with E-state index in [4.69, 9.17) is 0 Å². The Morgan fingerprint density at radius 1 is 1.04 bits per heavy atom. The molecule has 0 radical (unpaired) electrons. The molecule has 1 aromatic carbocycles. The van der Waals surface area contributed by atoms with Gasteiger partial charge in [-0.1, -0.05) is 18.2 Å². The van der Waals surface area contributed by atoms with E-state index < -0.39 is 31.6 Å². The van der Waals surface area contributed by atoms with Gasteiger partial charge in [-0.15, -0.1) is 0 Å². The second-order valence-corrected chi connectivity index (χ2v) is 10.2. The van der Waals surface area contributed by atoms with Crippen LogP contribution in [0.15, 0.2) is 41.8 Å². The third-order valence-electron chi connectivity index (χ3n) is 4.39. The first-order chi connectivity index (χ1) is 12.7. The zero-order valence-corrected chi connectivity index (χ0v) is 16.5. The van der Waals surface area contributed by atoms with Crippen molar-refractivity contribution >= 4 is 20.0 Å². The Labute approximate surface area is 158 Å². The predicted molar refractivity (Wildman–Crippen MR) is 97.2 cm³/mol. The molecule has 2 aromatic rings. The van der Waals surface area contributed by atoms with Crippen molar-refractivity contribution in [2.45, 2.75) is 17.2 Å². The van der Waals surface area contributed by atoms with Crippen LogP contribution in [-0.4, -0.2) is 61.2 Å². The van der Waals surface area contributed by atoms with Crippen molar-refractivity contribution in [2.75, 3.05) is 26.2 Å². The summed E-state index contributed by atoms with van der Waals surface area (Å²) in [4.78, 5) is 3.89. The molecule has 8 nitrogen and oxygen atoms in total. The van der Waals surface area contributed by atoms with Gasteiger partial charge in [-0.05, 0) is 12.5 Å². The third kappa shape index (κ3) is 4.37. The maximum absolute atomic E-state index is 13.8. The Bertz CT molecular complexity index is 1020. The highest BCUT2D eigenvalue weighted by Gasteiger charge is 2.32. The van der Waals surface area contributed by atoms with E-state index in [9.17, 15) is 21.2 Å². The summed E-state index contributed by atoms with van der Waals surface area (Å²) in [5.41, 5.74) is 0.0970. The maximum atomic E-state index is 13.8. The molecule has 1 aromatic heterocycles. The lowest BCUT2D eigenvalue weighted by atomic mass is 10.2. The molecule has 0 amide bonds. The van der Waals surface area contributed by atoms with Crippen molar-refractivity contribution < 1.29 is 21.2 Å². The molecular weight excluding hydrogens is 395 g/mol. The quantitative estimate of drug-likeness (QED) is 0.718. The van der Waals surface area contributed by atoms with Crippen molar-refractivity contribution in [2.24, 2.45) is 7.05 Å². The molecule has 1 saturated heterocycles. The van der Waals surface area contributed by atoms with E-state index in [2.05, 4.69) is 4.98 Å². The molecule has 0 atom stereocenters. The van der Waals surface area contributed by atoms with Crippen molar-refractivity contribution in [3.05, 3.63) is 48.2 Å². The first-order valence-corrected chi connectivity index (χ1v) is 11.4. The van der Waals surface area contributed by atoms with Gasteiger partial charge in [-0.2, -0.15) is 4.31 Å². The number of halogens is 1. The number of imidazole rings is 1. The van der Waals surface area contributed by atoms with Crippen LogP contribution in [0, 0.1) is 5.82 Å². The van der Waals surface area contributed by atoms with Gasteiger partial charge in [-0.3, -0.25) is 0 Å². The highest BCUT2D eigenvalue weighted by molar-refractivity contribution is 7.89. The standard InChI is InChI=1S/C16H21FN4O4S2/c1-19-11-16(18-13-19)27(24,25)21-8-4-7-20(9-10-21)26(22,23)12-14-5-2-3-6-15(14)17/h2-3,5-6,11,13H,4,7-10,12H2,1H3. The van der Waals surface area contributed by atoms with Gasteiger partial charge in [0.1, 0.15) is 5.82 Å². The number of rotatable bonds is 5. The summed E-state index contributed by atoms with van der Waals surface area (Å²) >= 11 is 0. The number of hydrogen-bond acceptors (Lipinski definition) is 5.